The summed E-state index contributed by atoms with van der Waals surface area (Å²) >= 11 is 0. The lowest BCUT2D eigenvalue weighted by Gasteiger charge is -2.27. The summed E-state index contributed by atoms with van der Waals surface area (Å²) in [6.07, 6.45) is 1.04. The molecule has 1 N–H and O–H groups in total. The lowest BCUT2D eigenvalue weighted by Crippen LogP contribution is -2.46. The highest BCUT2D eigenvalue weighted by Gasteiger charge is 2.29. The molecule has 0 aliphatic heterocycles. The fraction of sp³-hybridized carbons (Fsp3) is 0.333. The number of methoxy groups -OCH3 is 3. The number of benzene rings is 2. The summed E-state index contributed by atoms with van der Waals surface area (Å²) in [6, 6.07) is 10.6. The van der Waals surface area contributed by atoms with Gasteiger partial charge in [0.05, 0.1) is 39.0 Å². The minimum Gasteiger partial charge on any atom is -0.497 e. The van der Waals surface area contributed by atoms with Crippen molar-refractivity contribution >= 4 is 27.3 Å². The van der Waals surface area contributed by atoms with Gasteiger partial charge in [-0.2, -0.15) is 5.10 Å². The summed E-state index contributed by atoms with van der Waals surface area (Å²) < 4.78 is 41.4. The van der Waals surface area contributed by atoms with Crippen LogP contribution in [0.3, 0.4) is 0 Å². The van der Waals surface area contributed by atoms with Gasteiger partial charge in [0.15, 0.2) is 11.5 Å². The zero-order valence-corrected chi connectivity index (χ0v) is 19.2. The second-order valence-corrected chi connectivity index (χ2v) is 8.54. The molecule has 2 aromatic carbocycles. The van der Waals surface area contributed by atoms with Gasteiger partial charge in [-0.1, -0.05) is 0 Å². The number of nitrogens with one attached hydrogen (secondary N) is 1. The first-order valence-corrected chi connectivity index (χ1v) is 11.2. The Bertz CT molecular complexity index is 1050. The third-order valence-electron chi connectivity index (χ3n) is 4.55. The van der Waals surface area contributed by atoms with Crippen LogP contribution in [-0.2, 0) is 14.8 Å². The van der Waals surface area contributed by atoms with Gasteiger partial charge in [-0.05, 0) is 56.3 Å². The molecule has 0 aliphatic carbocycles. The lowest BCUT2D eigenvalue weighted by atomic mass is 10.1. The molecule has 0 heterocycles. The zero-order valence-electron chi connectivity index (χ0n) is 18.4. The number of sulfonamides is 1. The van der Waals surface area contributed by atoms with E-state index in [2.05, 4.69) is 10.5 Å². The summed E-state index contributed by atoms with van der Waals surface area (Å²) in [7, 11) is 0.838. The van der Waals surface area contributed by atoms with Gasteiger partial charge >= 0.3 is 0 Å². The SMILES string of the molecule is COc1ccc(N([C@H](C)C(=O)N/N=C(/C)c2ccc(OC)c(OC)c2)S(C)(=O)=O)cc1. The number of anilines is 1. The zero-order chi connectivity index (χ0) is 23.2. The summed E-state index contributed by atoms with van der Waals surface area (Å²) in [5.74, 6) is 1.09. The van der Waals surface area contributed by atoms with Crippen LogP contribution in [0.15, 0.2) is 47.6 Å². The predicted molar refractivity (Wildman–Crippen MR) is 120 cm³/mol. The van der Waals surface area contributed by atoms with Gasteiger partial charge in [0.2, 0.25) is 10.0 Å². The van der Waals surface area contributed by atoms with E-state index in [4.69, 9.17) is 14.2 Å². The Labute approximate surface area is 182 Å². The number of rotatable bonds is 9. The molecule has 0 saturated heterocycles. The van der Waals surface area contributed by atoms with Gasteiger partial charge in [-0.15, -0.1) is 0 Å². The number of amides is 1. The summed E-state index contributed by atoms with van der Waals surface area (Å²) in [5.41, 5.74) is 4.00. The van der Waals surface area contributed by atoms with Crippen molar-refractivity contribution in [3.8, 4) is 17.2 Å². The number of hydrogen-bond acceptors (Lipinski definition) is 7. The van der Waals surface area contributed by atoms with Crippen molar-refractivity contribution in [3.05, 3.63) is 48.0 Å². The van der Waals surface area contributed by atoms with Gasteiger partial charge in [0, 0.05) is 5.56 Å². The maximum Gasteiger partial charge on any atom is 0.263 e. The molecule has 0 fully saturated rings. The molecule has 0 unspecified atom stereocenters. The van der Waals surface area contributed by atoms with Crippen molar-refractivity contribution in [1.82, 2.24) is 5.43 Å². The monoisotopic (exact) mass is 449 g/mol. The number of nitrogens with zero attached hydrogens (tertiary/aromatic N) is 2. The molecule has 1 amide bonds. The molecule has 0 spiro atoms. The molecule has 2 rings (SSSR count). The van der Waals surface area contributed by atoms with Crippen molar-refractivity contribution in [2.45, 2.75) is 19.9 Å². The first-order chi connectivity index (χ1) is 14.6. The Hall–Kier alpha value is -3.27. The number of carbonyl (C=O) groups excluding carboxylic acids is 1. The average Bonchev–Trinajstić information content (AvgIpc) is 2.76. The van der Waals surface area contributed by atoms with E-state index in [1.54, 1.807) is 49.4 Å². The number of carbonyl (C=O) groups is 1. The van der Waals surface area contributed by atoms with E-state index >= 15 is 0 Å². The molecular formula is C21H27N3O6S. The molecule has 2 aromatic rings. The fourth-order valence-electron chi connectivity index (χ4n) is 2.90. The maximum atomic E-state index is 12.7. The predicted octanol–water partition coefficient (Wildman–Crippen LogP) is 2.41. The van der Waals surface area contributed by atoms with E-state index in [0.29, 0.717) is 34.2 Å². The van der Waals surface area contributed by atoms with E-state index in [0.717, 1.165) is 10.6 Å². The van der Waals surface area contributed by atoms with E-state index < -0.39 is 22.0 Å². The fourth-order valence-corrected chi connectivity index (χ4v) is 4.07. The van der Waals surface area contributed by atoms with Crippen molar-refractivity contribution in [1.29, 1.82) is 0 Å². The maximum absolute atomic E-state index is 12.7. The smallest absolute Gasteiger partial charge is 0.263 e. The molecule has 10 heteroatoms. The lowest BCUT2D eigenvalue weighted by molar-refractivity contribution is -0.121. The first kappa shape index (κ1) is 24.0. The molecule has 9 nitrogen and oxygen atoms in total. The third-order valence-corrected chi connectivity index (χ3v) is 5.79. The summed E-state index contributed by atoms with van der Waals surface area (Å²) in [5, 5.41) is 4.11. The average molecular weight is 450 g/mol. The second-order valence-electron chi connectivity index (χ2n) is 6.68. The van der Waals surface area contributed by atoms with E-state index in [1.165, 1.54) is 28.3 Å². The molecule has 168 valence electrons. The molecule has 31 heavy (non-hydrogen) atoms. The van der Waals surface area contributed by atoms with Crippen LogP contribution in [0.25, 0.3) is 0 Å². The van der Waals surface area contributed by atoms with Gasteiger partial charge in [0.1, 0.15) is 11.8 Å². The Kier molecular flexibility index (Phi) is 7.87. The Morgan fingerprint density at radius 1 is 1.00 bits per heavy atom. The molecule has 0 aliphatic rings. The molecule has 0 aromatic heterocycles. The van der Waals surface area contributed by atoms with Crippen LogP contribution in [-0.4, -0.2) is 53.7 Å². The summed E-state index contributed by atoms with van der Waals surface area (Å²) in [6.45, 7) is 3.20. The number of hydrogen-bond donors (Lipinski definition) is 1. The normalized spacial score (nSPS) is 12.6. The molecule has 1 atom stereocenters. The van der Waals surface area contributed by atoms with Gasteiger partial charge in [-0.3, -0.25) is 9.10 Å². The highest BCUT2D eigenvalue weighted by Crippen LogP contribution is 2.28. The van der Waals surface area contributed by atoms with Crippen molar-refractivity contribution < 1.29 is 27.4 Å². The quantitative estimate of drug-likeness (QED) is 0.465. The Balaban J connectivity index is 2.23. The second kappa shape index (κ2) is 10.2. The van der Waals surface area contributed by atoms with Crippen LogP contribution in [0, 0.1) is 0 Å². The molecule has 0 radical (unpaired) electrons. The van der Waals surface area contributed by atoms with Crippen LogP contribution < -0.4 is 23.9 Å². The van der Waals surface area contributed by atoms with Gasteiger partial charge in [-0.25, -0.2) is 13.8 Å². The Morgan fingerprint density at radius 3 is 2.13 bits per heavy atom. The van der Waals surface area contributed by atoms with Crippen LogP contribution in [0.1, 0.15) is 19.4 Å². The van der Waals surface area contributed by atoms with E-state index in [9.17, 15) is 13.2 Å². The van der Waals surface area contributed by atoms with E-state index in [-0.39, 0.29) is 0 Å². The molecule has 0 bridgehead atoms. The molecular weight excluding hydrogens is 422 g/mol. The van der Waals surface area contributed by atoms with Crippen LogP contribution in [0.5, 0.6) is 17.2 Å². The van der Waals surface area contributed by atoms with Crippen LogP contribution >= 0.6 is 0 Å². The highest BCUT2D eigenvalue weighted by molar-refractivity contribution is 7.92. The standard InChI is InChI=1S/C21H27N3O6S/c1-14(16-7-12-19(29-4)20(13-16)30-5)22-23-21(25)15(2)24(31(6,26)27)17-8-10-18(28-3)11-9-17/h7-13,15H,1-6H3,(H,23,25)/b22-14-/t15-/m1/s1. The third kappa shape index (κ3) is 5.88. The van der Waals surface area contributed by atoms with Gasteiger partial charge in [0.25, 0.3) is 5.91 Å². The van der Waals surface area contributed by atoms with Crippen LogP contribution in [0.4, 0.5) is 5.69 Å². The highest BCUT2D eigenvalue weighted by atomic mass is 32.2. The van der Waals surface area contributed by atoms with Crippen molar-refractivity contribution in [2.24, 2.45) is 5.10 Å². The minimum absolute atomic E-state index is 0.339. The topological polar surface area (TPSA) is 107 Å². The summed E-state index contributed by atoms with van der Waals surface area (Å²) in [4.78, 5) is 12.7. The number of hydrazone groups is 1. The van der Waals surface area contributed by atoms with Gasteiger partial charge < -0.3 is 14.2 Å². The van der Waals surface area contributed by atoms with E-state index in [1.807, 2.05) is 0 Å². The van der Waals surface area contributed by atoms with Crippen LogP contribution in [0.2, 0.25) is 0 Å². The first-order valence-electron chi connectivity index (χ1n) is 9.32. The minimum atomic E-state index is -3.74. The Morgan fingerprint density at radius 2 is 1.61 bits per heavy atom. The van der Waals surface area contributed by atoms with Crippen molar-refractivity contribution in [2.75, 3.05) is 31.9 Å². The largest absolute Gasteiger partial charge is 0.497 e. The number of ether oxygens (including phenoxy) is 3. The van der Waals surface area contributed by atoms with Crippen molar-refractivity contribution in [3.63, 3.8) is 0 Å². The molecule has 0 saturated carbocycles.